The Bertz CT molecular complexity index is 277. The van der Waals surface area contributed by atoms with Crippen LogP contribution in [-0.2, 0) is 0 Å². The predicted octanol–water partition coefficient (Wildman–Crippen LogP) is 3.31. The van der Waals surface area contributed by atoms with Gasteiger partial charge in [-0.05, 0) is 31.0 Å². The molecule has 0 aliphatic rings. The second-order valence-electron chi connectivity index (χ2n) is 2.46. The molecule has 0 saturated carbocycles. The summed E-state index contributed by atoms with van der Waals surface area (Å²) in [4.78, 5) is 0. The topological polar surface area (TPSA) is 0 Å². The van der Waals surface area contributed by atoms with Crippen molar-refractivity contribution in [2.45, 2.75) is 27.7 Å². The van der Waals surface area contributed by atoms with Crippen LogP contribution in [0.25, 0.3) is 0 Å². The molecule has 1 aromatic carbocycles. The van der Waals surface area contributed by atoms with Crippen LogP contribution in [0.2, 0.25) is 0 Å². The Balaban J connectivity index is 0.000000561. The Labute approximate surface area is 75.6 Å². The highest BCUT2D eigenvalue weighted by Gasteiger charge is 1.92. The molecule has 0 radical (unpaired) electrons. The van der Waals surface area contributed by atoms with Crippen molar-refractivity contribution in [3.8, 4) is 12.3 Å². The van der Waals surface area contributed by atoms with E-state index < -0.39 is 0 Å². The lowest BCUT2D eigenvalue weighted by Crippen LogP contribution is -1.81. The maximum atomic E-state index is 5.27. The molecule has 0 aliphatic heterocycles. The minimum absolute atomic E-state index is 1.00. The maximum absolute atomic E-state index is 5.27. The first-order chi connectivity index (χ1) is 5.74. The largest absolute Gasteiger partial charge is 0.115 e. The lowest BCUT2D eigenvalue weighted by molar-refractivity contribution is 1.37. The molecule has 0 aliphatic carbocycles. The van der Waals surface area contributed by atoms with Crippen molar-refractivity contribution in [1.82, 2.24) is 0 Å². The zero-order valence-corrected chi connectivity index (χ0v) is 8.31. The minimum atomic E-state index is 1.00. The van der Waals surface area contributed by atoms with Crippen LogP contribution in [-0.4, -0.2) is 0 Å². The lowest BCUT2D eigenvalue weighted by Gasteiger charge is -1.97. The van der Waals surface area contributed by atoms with Crippen LogP contribution < -0.4 is 0 Å². The molecule has 0 amide bonds. The Morgan fingerprint density at radius 1 is 1.17 bits per heavy atom. The van der Waals surface area contributed by atoms with Crippen molar-refractivity contribution >= 4 is 0 Å². The average Bonchev–Trinajstić information content (AvgIpc) is 2.13. The van der Waals surface area contributed by atoms with Gasteiger partial charge in [0, 0.05) is 5.56 Å². The third-order valence-corrected chi connectivity index (χ3v) is 1.55. The molecule has 0 spiro atoms. The predicted molar refractivity (Wildman–Crippen MR) is 55.2 cm³/mol. The maximum Gasteiger partial charge on any atom is 0.0274 e. The van der Waals surface area contributed by atoms with Gasteiger partial charge in [-0.2, -0.15) is 0 Å². The Hall–Kier alpha value is -1.22. The van der Waals surface area contributed by atoms with Gasteiger partial charge in [-0.15, -0.1) is 6.42 Å². The van der Waals surface area contributed by atoms with E-state index in [-0.39, 0.29) is 0 Å². The first-order valence-electron chi connectivity index (χ1n) is 4.28. The van der Waals surface area contributed by atoms with Gasteiger partial charge in [0.15, 0.2) is 0 Å². The van der Waals surface area contributed by atoms with Gasteiger partial charge in [-0.1, -0.05) is 31.9 Å². The van der Waals surface area contributed by atoms with E-state index in [9.17, 15) is 0 Å². The standard InChI is InChI=1S/C10H10.C2H6/c1-4-10-7-8(2)5-6-9(10)3;1-2/h1,5-7H,2-3H3;1-2H3. The minimum Gasteiger partial charge on any atom is -0.115 e. The number of hydrogen-bond acceptors (Lipinski definition) is 0. The quantitative estimate of drug-likeness (QED) is 0.511. The van der Waals surface area contributed by atoms with Crippen molar-refractivity contribution < 1.29 is 0 Å². The molecule has 1 aromatic rings. The van der Waals surface area contributed by atoms with E-state index in [0.717, 1.165) is 5.56 Å². The summed E-state index contributed by atoms with van der Waals surface area (Å²) in [7, 11) is 0. The van der Waals surface area contributed by atoms with E-state index in [2.05, 4.69) is 12.0 Å². The molecule has 0 bridgehead atoms. The Morgan fingerprint density at radius 2 is 1.75 bits per heavy atom. The molecule has 0 heteroatoms. The van der Waals surface area contributed by atoms with Gasteiger partial charge in [0.2, 0.25) is 0 Å². The molecule has 0 N–H and O–H groups in total. The molecule has 0 fully saturated rings. The molecule has 1 rings (SSSR count). The first kappa shape index (κ1) is 10.8. The summed E-state index contributed by atoms with van der Waals surface area (Å²) < 4.78 is 0. The molecule has 0 unspecified atom stereocenters. The van der Waals surface area contributed by atoms with E-state index in [1.54, 1.807) is 0 Å². The smallest absolute Gasteiger partial charge is 0.0274 e. The monoisotopic (exact) mass is 160 g/mol. The first-order valence-corrected chi connectivity index (χ1v) is 4.28. The van der Waals surface area contributed by atoms with Gasteiger partial charge >= 0.3 is 0 Å². The van der Waals surface area contributed by atoms with Crippen molar-refractivity contribution in [2.75, 3.05) is 0 Å². The molecular weight excluding hydrogens is 144 g/mol. The summed E-state index contributed by atoms with van der Waals surface area (Å²) in [6.07, 6.45) is 5.27. The average molecular weight is 160 g/mol. The van der Waals surface area contributed by atoms with E-state index in [1.807, 2.05) is 39.8 Å². The second kappa shape index (κ2) is 5.43. The van der Waals surface area contributed by atoms with Crippen LogP contribution in [0.4, 0.5) is 0 Å². The van der Waals surface area contributed by atoms with Crippen LogP contribution in [0, 0.1) is 26.2 Å². The summed E-state index contributed by atoms with van der Waals surface area (Å²) in [5, 5.41) is 0. The van der Waals surface area contributed by atoms with Crippen molar-refractivity contribution in [3.05, 3.63) is 34.9 Å². The highest BCUT2D eigenvalue weighted by Crippen LogP contribution is 2.08. The van der Waals surface area contributed by atoms with E-state index in [1.165, 1.54) is 11.1 Å². The molecule has 0 heterocycles. The third kappa shape index (κ3) is 2.80. The fourth-order valence-electron chi connectivity index (χ4n) is 0.891. The fourth-order valence-corrected chi connectivity index (χ4v) is 0.891. The highest BCUT2D eigenvalue weighted by molar-refractivity contribution is 5.41. The molecule has 0 atom stereocenters. The SMILES string of the molecule is C#Cc1cc(C)ccc1C.CC. The highest BCUT2D eigenvalue weighted by atomic mass is 14.0. The summed E-state index contributed by atoms with van der Waals surface area (Å²) in [6.45, 7) is 8.06. The van der Waals surface area contributed by atoms with Gasteiger partial charge in [-0.3, -0.25) is 0 Å². The number of terminal acetylenes is 1. The van der Waals surface area contributed by atoms with Gasteiger partial charge < -0.3 is 0 Å². The van der Waals surface area contributed by atoms with Crippen LogP contribution >= 0.6 is 0 Å². The van der Waals surface area contributed by atoms with E-state index >= 15 is 0 Å². The summed E-state index contributed by atoms with van der Waals surface area (Å²) in [5.74, 6) is 2.64. The van der Waals surface area contributed by atoms with Gasteiger partial charge in [0.1, 0.15) is 0 Å². The molecule has 0 nitrogen and oxygen atoms in total. The van der Waals surface area contributed by atoms with E-state index in [4.69, 9.17) is 6.42 Å². The molecular formula is C12H16. The number of aryl methyl sites for hydroxylation is 2. The Morgan fingerprint density at radius 3 is 2.17 bits per heavy atom. The number of hydrogen-bond donors (Lipinski definition) is 0. The van der Waals surface area contributed by atoms with Crippen LogP contribution in [0.15, 0.2) is 18.2 Å². The number of rotatable bonds is 0. The van der Waals surface area contributed by atoms with Crippen LogP contribution in [0.3, 0.4) is 0 Å². The summed E-state index contributed by atoms with van der Waals surface area (Å²) in [6, 6.07) is 6.13. The zero-order chi connectivity index (χ0) is 9.56. The van der Waals surface area contributed by atoms with Gasteiger partial charge in [0.05, 0.1) is 0 Å². The van der Waals surface area contributed by atoms with E-state index in [0.29, 0.717) is 0 Å². The van der Waals surface area contributed by atoms with Gasteiger partial charge in [0.25, 0.3) is 0 Å². The molecule has 0 aromatic heterocycles. The zero-order valence-electron chi connectivity index (χ0n) is 8.31. The van der Waals surface area contributed by atoms with Crippen LogP contribution in [0.5, 0.6) is 0 Å². The van der Waals surface area contributed by atoms with Crippen LogP contribution in [0.1, 0.15) is 30.5 Å². The Kier molecular flexibility index (Phi) is 4.88. The summed E-state index contributed by atoms with van der Waals surface area (Å²) in [5.41, 5.74) is 3.40. The molecule has 0 saturated heterocycles. The summed E-state index contributed by atoms with van der Waals surface area (Å²) >= 11 is 0. The van der Waals surface area contributed by atoms with Crippen molar-refractivity contribution in [2.24, 2.45) is 0 Å². The second-order valence-corrected chi connectivity index (χ2v) is 2.46. The van der Waals surface area contributed by atoms with Crippen molar-refractivity contribution in [1.29, 1.82) is 0 Å². The molecule has 12 heavy (non-hydrogen) atoms. The fraction of sp³-hybridized carbons (Fsp3) is 0.333. The van der Waals surface area contributed by atoms with Gasteiger partial charge in [-0.25, -0.2) is 0 Å². The molecule has 64 valence electrons. The van der Waals surface area contributed by atoms with Crippen molar-refractivity contribution in [3.63, 3.8) is 0 Å². The number of benzene rings is 1. The normalized spacial score (nSPS) is 7.92. The third-order valence-electron chi connectivity index (χ3n) is 1.55. The lowest BCUT2D eigenvalue weighted by atomic mass is 10.1.